The molecule has 2 rings (SSSR count). The van der Waals surface area contributed by atoms with Crippen molar-refractivity contribution >= 4 is 0 Å². The van der Waals surface area contributed by atoms with E-state index >= 15 is 0 Å². The maximum Gasteiger partial charge on any atom is 0.119 e. The first kappa shape index (κ1) is 35.4. The average molecular weight is 565 g/mol. The van der Waals surface area contributed by atoms with Crippen LogP contribution in [0.5, 0.6) is 5.75 Å². The van der Waals surface area contributed by atoms with Gasteiger partial charge < -0.3 is 9.47 Å². The number of unbranched alkanes of at least 4 members (excludes halogenated alkanes) is 19. The van der Waals surface area contributed by atoms with Crippen molar-refractivity contribution in [2.45, 2.75) is 162 Å². The first-order valence-corrected chi connectivity index (χ1v) is 17.7. The highest BCUT2D eigenvalue weighted by Crippen LogP contribution is 2.26. The lowest BCUT2D eigenvalue weighted by atomic mass is 10.0. The summed E-state index contributed by atoms with van der Waals surface area (Å²) in [6.45, 7) is 8.42. The minimum Gasteiger partial charge on any atom is -0.494 e. The summed E-state index contributed by atoms with van der Waals surface area (Å²) in [5, 5.41) is 0. The third-order valence-electron chi connectivity index (χ3n) is 8.45. The summed E-state index contributed by atoms with van der Waals surface area (Å²) in [7, 11) is 0. The Morgan fingerprint density at radius 1 is 0.439 bits per heavy atom. The van der Waals surface area contributed by atoms with Crippen molar-refractivity contribution in [1.29, 1.82) is 0 Å². The fraction of sp³-hybridized carbons (Fsp3) is 0.692. The van der Waals surface area contributed by atoms with Crippen LogP contribution in [0.3, 0.4) is 0 Å². The Labute approximate surface area is 255 Å². The van der Waals surface area contributed by atoms with E-state index in [-0.39, 0.29) is 6.10 Å². The second-order valence-corrected chi connectivity index (χ2v) is 12.2. The molecule has 2 aromatic rings. The Kier molecular flexibility index (Phi) is 21.4. The minimum atomic E-state index is 0.148. The number of benzene rings is 2. The molecule has 0 N–H and O–H groups in total. The summed E-state index contributed by atoms with van der Waals surface area (Å²) in [6.07, 6.45) is 28.8. The molecule has 0 saturated carbocycles. The molecule has 0 aliphatic heterocycles. The third kappa shape index (κ3) is 17.7. The average Bonchev–Trinajstić information content (AvgIpc) is 3.00. The van der Waals surface area contributed by atoms with Crippen molar-refractivity contribution < 1.29 is 9.47 Å². The number of hydrogen-bond donors (Lipinski definition) is 0. The Bertz CT molecular complexity index is 826. The number of ether oxygens (including phenoxy) is 2. The largest absolute Gasteiger partial charge is 0.494 e. The fourth-order valence-corrected chi connectivity index (χ4v) is 5.59. The second-order valence-electron chi connectivity index (χ2n) is 12.2. The number of hydrogen-bond acceptors (Lipinski definition) is 2. The van der Waals surface area contributed by atoms with Crippen LogP contribution < -0.4 is 4.74 Å². The Morgan fingerprint density at radius 3 is 1.24 bits per heavy atom. The fourth-order valence-electron chi connectivity index (χ4n) is 5.59. The van der Waals surface area contributed by atoms with Gasteiger partial charge in [-0.3, -0.25) is 0 Å². The lowest BCUT2D eigenvalue weighted by Gasteiger charge is -2.14. The molecule has 0 aromatic heterocycles. The summed E-state index contributed by atoms with van der Waals surface area (Å²) in [5.41, 5.74) is 3.73. The highest BCUT2D eigenvalue weighted by atomic mass is 16.5. The predicted octanol–water partition coefficient (Wildman–Crippen LogP) is 13.0. The second kappa shape index (κ2) is 24.8. The molecule has 0 aliphatic carbocycles. The molecule has 0 bridgehead atoms. The summed E-state index contributed by atoms with van der Waals surface area (Å²) in [4.78, 5) is 0. The SMILES string of the molecule is CCCCCCCCCCCCCCCOc1ccc(-c2ccc(C(C)OCCCCCCCCCC)cc2)cc1. The van der Waals surface area contributed by atoms with Gasteiger partial charge in [0.15, 0.2) is 0 Å². The molecule has 41 heavy (non-hydrogen) atoms. The Balaban J connectivity index is 1.51. The van der Waals surface area contributed by atoms with Crippen molar-refractivity contribution in [2.24, 2.45) is 0 Å². The molecule has 0 heterocycles. The molecule has 0 saturated heterocycles. The van der Waals surface area contributed by atoms with Gasteiger partial charge in [0.1, 0.15) is 5.75 Å². The molecule has 2 heteroatoms. The monoisotopic (exact) mass is 564 g/mol. The molecule has 1 unspecified atom stereocenters. The Morgan fingerprint density at radius 2 is 0.805 bits per heavy atom. The van der Waals surface area contributed by atoms with Gasteiger partial charge in [-0.2, -0.15) is 0 Å². The third-order valence-corrected chi connectivity index (χ3v) is 8.45. The van der Waals surface area contributed by atoms with Crippen LogP contribution >= 0.6 is 0 Å². The molecule has 0 radical (unpaired) electrons. The normalized spacial score (nSPS) is 12.1. The van der Waals surface area contributed by atoms with E-state index in [0.29, 0.717) is 0 Å². The highest BCUT2D eigenvalue weighted by Gasteiger charge is 2.07. The van der Waals surface area contributed by atoms with Crippen LogP contribution in [0.1, 0.15) is 167 Å². The van der Waals surface area contributed by atoms with Crippen molar-refractivity contribution in [3.05, 3.63) is 54.1 Å². The van der Waals surface area contributed by atoms with E-state index in [1.807, 2.05) is 0 Å². The summed E-state index contributed by atoms with van der Waals surface area (Å²) in [6, 6.07) is 17.4. The minimum absolute atomic E-state index is 0.148. The summed E-state index contributed by atoms with van der Waals surface area (Å²) >= 11 is 0. The van der Waals surface area contributed by atoms with Crippen LogP contribution in [0.2, 0.25) is 0 Å². The predicted molar refractivity (Wildman–Crippen MR) is 180 cm³/mol. The zero-order valence-corrected chi connectivity index (χ0v) is 27.3. The van der Waals surface area contributed by atoms with Crippen molar-refractivity contribution in [3.63, 3.8) is 0 Å². The van der Waals surface area contributed by atoms with Crippen LogP contribution in [0, 0.1) is 0 Å². The van der Waals surface area contributed by atoms with Crippen LogP contribution in [0.25, 0.3) is 11.1 Å². The van der Waals surface area contributed by atoms with Gasteiger partial charge in [0.2, 0.25) is 0 Å². The van der Waals surface area contributed by atoms with Crippen molar-refractivity contribution in [3.8, 4) is 16.9 Å². The standard InChI is InChI=1S/C39H64O2/c1-4-6-8-10-12-14-15-16-17-18-20-22-24-34-41-39-31-29-38(30-32-39)37-27-25-36(26-28-37)35(3)40-33-23-21-19-13-11-9-7-5-2/h25-32,35H,4-24,33-34H2,1-3H3. The molecule has 2 aromatic carbocycles. The van der Waals surface area contributed by atoms with Gasteiger partial charge >= 0.3 is 0 Å². The van der Waals surface area contributed by atoms with Gasteiger partial charge in [-0.1, -0.05) is 172 Å². The zero-order chi connectivity index (χ0) is 29.2. The van der Waals surface area contributed by atoms with E-state index in [1.54, 1.807) is 0 Å². The summed E-state index contributed by atoms with van der Waals surface area (Å²) in [5.74, 6) is 0.979. The molecule has 2 nitrogen and oxygen atoms in total. The van der Waals surface area contributed by atoms with Gasteiger partial charge in [0.05, 0.1) is 12.7 Å². The zero-order valence-electron chi connectivity index (χ0n) is 27.3. The lowest BCUT2D eigenvalue weighted by molar-refractivity contribution is 0.0627. The molecular formula is C39H64O2. The first-order chi connectivity index (χ1) is 20.2. The van der Waals surface area contributed by atoms with E-state index in [1.165, 1.54) is 145 Å². The van der Waals surface area contributed by atoms with Gasteiger partial charge in [-0.25, -0.2) is 0 Å². The van der Waals surface area contributed by atoms with E-state index < -0.39 is 0 Å². The van der Waals surface area contributed by atoms with E-state index in [4.69, 9.17) is 9.47 Å². The van der Waals surface area contributed by atoms with Gasteiger partial charge in [-0.05, 0) is 48.6 Å². The first-order valence-electron chi connectivity index (χ1n) is 17.7. The van der Waals surface area contributed by atoms with Crippen LogP contribution in [0.4, 0.5) is 0 Å². The van der Waals surface area contributed by atoms with Crippen LogP contribution in [-0.2, 0) is 4.74 Å². The highest BCUT2D eigenvalue weighted by molar-refractivity contribution is 5.64. The quantitative estimate of drug-likeness (QED) is 0.100. The van der Waals surface area contributed by atoms with Gasteiger partial charge in [0.25, 0.3) is 0 Å². The topological polar surface area (TPSA) is 18.5 Å². The molecule has 0 aliphatic rings. The van der Waals surface area contributed by atoms with Crippen molar-refractivity contribution in [1.82, 2.24) is 0 Å². The molecule has 0 amide bonds. The number of rotatable bonds is 27. The Hall–Kier alpha value is -1.80. The lowest BCUT2D eigenvalue weighted by Crippen LogP contribution is -2.01. The van der Waals surface area contributed by atoms with Crippen molar-refractivity contribution in [2.75, 3.05) is 13.2 Å². The van der Waals surface area contributed by atoms with E-state index in [0.717, 1.165) is 25.4 Å². The van der Waals surface area contributed by atoms with E-state index in [9.17, 15) is 0 Å². The summed E-state index contributed by atoms with van der Waals surface area (Å²) < 4.78 is 12.1. The van der Waals surface area contributed by atoms with E-state index in [2.05, 4.69) is 69.3 Å². The molecule has 1 atom stereocenters. The van der Waals surface area contributed by atoms with Gasteiger partial charge in [-0.15, -0.1) is 0 Å². The molecule has 232 valence electrons. The molecule has 0 fully saturated rings. The maximum atomic E-state index is 6.12. The molecule has 0 spiro atoms. The molecular weight excluding hydrogens is 500 g/mol. The van der Waals surface area contributed by atoms with Crippen LogP contribution in [-0.4, -0.2) is 13.2 Å². The maximum absolute atomic E-state index is 6.12. The van der Waals surface area contributed by atoms with Gasteiger partial charge in [0, 0.05) is 6.61 Å². The smallest absolute Gasteiger partial charge is 0.119 e. The van der Waals surface area contributed by atoms with Crippen LogP contribution in [0.15, 0.2) is 48.5 Å².